The number of nitrogens with one attached hydrogen (secondary N) is 3. The Labute approximate surface area is 162 Å². The van der Waals surface area contributed by atoms with Crippen LogP contribution in [0, 0.1) is 0 Å². The molecule has 0 radical (unpaired) electrons. The minimum absolute atomic E-state index is 0.278. The molecule has 0 aliphatic heterocycles. The average molecular weight is 377 g/mol. The smallest absolute Gasteiger partial charge is 0.319 e. The molecule has 0 saturated heterocycles. The van der Waals surface area contributed by atoms with E-state index in [9.17, 15) is 9.59 Å². The number of hydrogen-bond acceptors (Lipinski definition) is 5. The number of carbonyl (C=O) groups is 2. The van der Waals surface area contributed by atoms with E-state index in [1.807, 2.05) is 12.1 Å². The van der Waals surface area contributed by atoms with Crippen molar-refractivity contribution >= 4 is 17.6 Å². The topological polar surface area (TPSA) is 105 Å². The molecule has 3 amide bonds. The highest BCUT2D eigenvalue weighted by molar-refractivity contribution is 5.92. The maximum absolute atomic E-state index is 11.9. The van der Waals surface area contributed by atoms with Crippen molar-refractivity contribution in [2.24, 2.45) is 0 Å². The number of aromatic nitrogens is 2. The first-order valence-electron chi connectivity index (χ1n) is 8.54. The molecule has 0 atom stereocenters. The SMILES string of the molecule is CNC(=O)c1cc(Oc2ccc(CNC(=O)Nc3cccnc3)cc2)ccn1. The summed E-state index contributed by atoms with van der Waals surface area (Å²) in [5.41, 5.74) is 1.81. The molecule has 8 nitrogen and oxygen atoms in total. The highest BCUT2D eigenvalue weighted by atomic mass is 16.5. The predicted molar refractivity (Wildman–Crippen MR) is 104 cm³/mol. The molecule has 3 rings (SSSR count). The molecular weight excluding hydrogens is 358 g/mol. The van der Waals surface area contributed by atoms with Crippen molar-refractivity contribution in [3.05, 3.63) is 78.4 Å². The lowest BCUT2D eigenvalue weighted by Crippen LogP contribution is -2.28. The van der Waals surface area contributed by atoms with Crippen molar-refractivity contribution in [1.29, 1.82) is 0 Å². The fourth-order valence-electron chi connectivity index (χ4n) is 2.33. The van der Waals surface area contributed by atoms with Crippen LogP contribution in [-0.2, 0) is 6.54 Å². The Morgan fingerprint density at radius 2 is 1.86 bits per heavy atom. The molecule has 8 heteroatoms. The minimum atomic E-state index is -0.313. The van der Waals surface area contributed by atoms with Crippen molar-refractivity contribution in [3.63, 3.8) is 0 Å². The van der Waals surface area contributed by atoms with Gasteiger partial charge in [0.1, 0.15) is 17.2 Å². The average Bonchev–Trinajstić information content (AvgIpc) is 2.73. The van der Waals surface area contributed by atoms with E-state index in [-0.39, 0.29) is 17.6 Å². The number of carbonyl (C=O) groups excluding carboxylic acids is 2. The molecule has 0 aliphatic rings. The van der Waals surface area contributed by atoms with Gasteiger partial charge < -0.3 is 20.7 Å². The summed E-state index contributed by atoms with van der Waals surface area (Å²) in [6.45, 7) is 0.364. The molecule has 0 bridgehead atoms. The second-order valence-corrected chi connectivity index (χ2v) is 5.75. The Morgan fingerprint density at radius 3 is 2.57 bits per heavy atom. The van der Waals surface area contributed by atoms with Crippen molar-refractivity contribution in [1.82, 2.24) is 20.6 Å². The van der Waals surface area contributed by atoms with E-state index in [2.05, 4.69) is 25.9 Å². The van der Waals surface area contributed by atoms with E-state index in [1.54, 1.807) is 55.8 Å². The largest absolute Gasteiger partial charge is 0.457 e. The summed E-state index contributed by atoms with van der Waals surface area (Å²) in [6.07, 6.45) is 4.72. The molecule has 1 aromatic carbocycles. The molecule has 2 aromatic heterocycles. The third kappa shape index (κ3) is 5.28. The van der Waals surface area contributed by atoms with Gasteiger partial charge in [-0.25, -0.2) is 4.79 Å². The van der Waals surface area contributed by atoms with E-state index >= 15 is 0 Å². The van der Waals surface area contributed by atoms with Crippen LogP contribution in [0.4, 0.5) is 10.5 Å². The van der Waals surface area contributed by atoms with Gasteiger partial charge >= 0.3 is 6.03 Å². The molecule has 0 aliphatic carbocycles. The number of amides is 3. The monoisotopic (exact) mass is 377 g/mol. The first-order valence-corrected chi connectivity index (χ1v) is 8.54. The lowest BCUT2D eigenvalue weighted by atomic mass is 10.2. The van der Waals surface area contributed by atoms with Crippen molar-refractivity contribution in [2.45, 2.75) is 6.54 Å². The van der Waals surface area contributed by atoms with Gasteiger partial charge in [0, 0.05) is 32.1 Å². The summed E-state index contributed by atoms with van der Waals surface area (Å²) in [5.74, 6) is 0.837. The van der Waals surface area contributed by atoms with E-state index in [0.717, 1.165) is 5.56 Å². The van der Waals surface area contributed by atoms with Crippen LogP contribution in [-0.4, -0.2) is 29.0 Å². The maximum atomic E-state index is 11.9. The summed E-state index contributed by atoms with van der Waals surface area (Å²) < 4.78 is 5.75. The second kappa shape index (κ2) is 9.13. The van der Waals surface area contributed by atoms with Crippen LogP contribution in [0.1, 0.15) is 16.1 Å². The van der Waals surface area contributed by atoms with E-state index in [1.165, 1.54) is 6.20 Å². The Morgan fingerprint density at radius 1 is 1.04 bits per heavy atom. The minimum Gasteiger partial charge on any atom is -0.457 e. The highest BCUT2D eigenvalue weighted by Gasteiger charge is 2.07. The lowest BCUT2D eigenvalue weighted by Gasteiger charge is -2.09. The Balaban J connectivity index is 1.53. The Hall–Kier alpha value is -3.94. The molecule has 0 spiro atoms. The van der Waals surface area contributed by atoms with Crippen molar-refractivity contribution < 1.29 is 14.3 Å². The van der Waals surface area contributed by atoms with Crippen molar-refractivity contribution in [2.75, 3.05) is 12.4 Å². The van der Waals surface area contributed by atoms with Gasteiger partial charge in [-0.05, 0) is 35.9 Å². The van der Waals surface area contributed by atoms with Crippen LogP contribution >= 0.6 is 0 Å². The summed E-state index contributed by atoms with van der Waals surface area (Å²) in [7, 11) is 1.54. The van der Waals surface area contributed by atoms with Crippen LogP contribution in [0.5, 0.6) is 11.5 Å². The fourth-order valence-corrected chi connectivity index (χ4v) is 2.33. The van der Waals surface area contributed by atoms with E-state index < -0.39 is 0 Å². The quantitative estimate of drug-likeness (QED) is 0.612. The molecule has 142 valence electrons. The normalized spacial score (nSPS) is 10.0. The molecule has 0 unspecified atom stereocenters. The van der Waals surface area contributed by atoms with Gasteiger partial charge in [-0.3, -0.25) is 14.8 Å². The van der Waals surface area contributed by atoms with Crippen LogP contribution in [0.25, 0.3) is 0 Å². The van der Waals surface area contributed by atoms with Gasteiger partial charge in [-0.1, -0.05) is 12.1 Å². The second-order valence-electron chi connectivity index (χ2n) is 5.75. The van der Waals surface area contributed by atoms with Gasteiger partial charge in [0.25, 0.3) is 5.91 Å². The predicted octanol–water partition coefficient (Wildman–Crippen LogP) is 2.95. The fraction of sp³-hybridized carbons (Fsp3) is 0.100. The highest BCUT2D eigenvalue weighted by Crippen LogP contribution is 2.22. The first-order chi connectivity index (χ1) is 13.6. The zero-order valence-electron chi connectivity index (χ0n) is 15.2. The summed E-state index contributed by atoms with van der Waals surface area (Å²) >= 11 is 0. The van der Waals surface area contributed by atoms with Gasteiger partial charge in [0.15, 0.2) is 0 Å². The summed E-state index contributed by atoms with van der Waals surface area (Å²) in [4.78, 5) is 31.5. The zero-order chi connectivity index (χ0) is 19.8. The number of rotatable bonds is 6. The number of hydrogen-bond donors (Lipinski definition) is 3. The number of pyridine rings is 2. The Bertz CT molecular complexity index is 946. The van der Waals surface area contributed by atoms with Gasteiger partial charge in [0.2, 0.25) is 0 Å². The number of anilines is 1. The molecule has 2 heterocycles. The number of benzene rings is 1. The van der Waals surface area contributed by atoms with E-state index in [0.29, 0.717) is 23.7 Å². The molecule has 0 saturated carbocycles. The Kier molecular flexibility index (Phi) is 6.14. The molecule has 28 heavy (non-hydrogen) atoms. The standard InChI is InChI=1S/C20H19N5O3/c1-21-19(26)18-11-17(8-10-23-18)28-16-6-4-14(5-7-16)12-24-20(27)25-15-3-2-9-22-13-15/h2-11,13H,12H2,1H3,(H,21,26)(H2,24,25,27). The summed E-state index contributed by atoms with van der Waals surface area (Å²) in [6, 6.07) is 13.7. The van der Waals surface area contributed by atoms with Gasteiger partial charge in [-0.2, -0.15) is 0 Å². The number of urea groups is 1. The maximum Gasteiger partial charge on any atom is 0.319 e. The molecule has 0 fully saturated rings. The van der Waals surface area contributed by atoms with Crippen LogP contribution in [0.15, 0.2) is 67.1 Å². The number of nitrogens with zero attached hydrogens (tertiary/aromatic N) is 2. The summed E-state index contributed by atoms with van der Waals surface area (Å²) in [5, 5.41) is 7.99. The third-order valence-corrected chi connectivity index (χ3v) is 3.72. The van der Waals surface area contributed by atoms with E-state index in [4.69, 9.17) is 4.74 Å². The first kappa shape index (κ1) is 18.8. The molecule has 3 aromatic rings. The molecule has 3 N–H and O–H groups in total. The van der Waals surface area contributed by atoms with Crippen LogP contribution in [0.3, 0.4) is 0 Å². The number of ether oxygens (including phenoxy) is 1. The van der Waals surface area contributed by atoms with Gasteiger partial charge in [-0.15, -0.1) is 0 Å². The zero-order valence-corrected chi connectivity index (χ0v) is 15.2. The van der Waals surface area contributed by atoms with Gasteiger partial charge in [0.05, 0.1) is 11.9 Å². The van der Waals surface area contributed by atoms with Crippen LogP contribution < -0.4 is 20.7 Å². The third-order valence-electron chi connectivity index (χ3n) is 3.72. The van der Waals surface area contributed by atoms with Crippen LogP contribution in [0.2, 0.25) is 0 Å². The molecular formula is C20H19N5O3. The van der Waals surface area contributed by atoms with Crippen molar-refractivity contribution in [3.8, 4) is 11.5 Å². The lowest BCUT2D eigenvalue weighted by molar-refractivity contribution is 0.0958.